The van der Waals surface area contributed by atoms with Crippen molar-refractivity contribution in [2.75, 3.05) is 19.8 Å². The lowest BCUT2D eigenvalue weighted by Gasteiger charge is -2.18. The Hall–Kier alpha value is -1.14. The van der Waals surface area contributed by atoms with Crippen molar-refractivity contribution in [3.05, 3.63) is 0 Å². The topological polar surface area (TPSA) is 76.7 Å². The predicted octanol–water partition coefficient (Wildman–Crippen LogP) is -0.0347. The summed E-state index contributed by atoms with van der Waals surface area (Å²) in [5.74, 6) is -0.174. The predicted molar refractivity (Wildman–Crippen MR) is 68.6 cm³/mol. The van der Waals surface area contributed by atoms with E-state index in [0.717, 1.165) is 25.7 Å². The maximum atomic E-state index is 11.8. The first-order valence-electron chi connectivity index (χ1n) is 6.98. The van der Waals surface area contributed by atoms with Crippen LogP contribution in [0.5, 0.6) is 0 Å². The summed E-state index contributed by atoms with van der Waals surface area (Å²) in [6.45, 7) is 3.59. The molecule has 0 aromatic carbocycles. The summed E-state index contributed by atoms with van der Waals surface area (Å²) in [5, 5.41) is 5.65. The molecule has 0 spiro atoms. The zero-order valence-electron chi connectivity index (χ0n) is 11.3. The van der Waals surface area contributed by atoms with Gasteiger partial charge in [0.05, 0.1) is 0 Å². The standard InChI is InChI=1S/C13H22N2O4/c1-9(15-13(17)11-5-3-7-19-11)8-14-12(16)10-4-2-6-18-10/h9-11H,2-8H2,1H3,(H,14,16)(H,15,17)/t9-,10-,11-/m1/s1. The van der Waals surface area contributed by atoms with Gasteiger partial charge in [-0.15, -0.1) is 0 Å². The molecule has 0 unspecified atom stereocenters. The fourth-order valence-corrected chi connectivity index (χ4v) is 2.32. The van der Waals surface area contributed by atoms with Crippen LogP contribution in [0.15, 0.2) is 0 Å². The Labute approximate surface area is 113 Å². The molecule has 0 aromatic rings. The second-order valence-corrected chi connectivity index (χ2v) is 5.16. The van der Waals surface area contributed by atoms with Crippen LogP contribution in [0.4, 0.5) is 0 Å². The molecule has 0 aromatic heterocycles. The highest BCUT2D eigenvalue weighted by Crippen LogP contribution is 2.12. The molecule has 108 valence electrons. The van der Waals surface area contributed by atoms with Crippen molar-refractivity contribution >= 4 is 11.8 Å². The van der Waals surface area contributed by atoms with E-state index in [-0.39, 0.29) is 30.1 Å². The number of rotatable bonds is 5. The van der Waals surface area contributed by atoms with Gasteiger partial charge in [0.15, 0.2) is 0 Å². The van der Waals surface area contributed by atoms with Gasteiger partial charge in [0.1, 0.15) is 12.2 Å². The number of hydrogen-bond donors (Lipinski definition) is 2. The van der Waals surface area contributed by atoms with Crippen LogP contribution in [0.25, 0.3) is 0 Å². The highest BCUT2D eigenvalue weighted by atomic mass is 16.5. The fraction of sp³-hybridized carbons (Fsp3) is 0.846. The number of hydrogen-bond acceptors (Lipinski definition) is 4. The van der Waals surface area contributed by atoms with Crippen LogP contribution in [-0.2, 0) is 19.1 Å². The highest BCUT2D eigenvalue weighted by Gasteiger charge is 2.26. The van der Waals surface area contributed by atoms with Crippen molar-refractivity contribution in [2.24, 2.45) is 0 Å². The smallest absolute Gasteiger partial charge is 0.249 e. The second kappa shape index (κ2) is 6.86. The molecule has 2 amide bonds. The van der Waals surface area contributed by atoms with Crippen molar-refractivity contribution in [1.82, 2.24) is 10.6 Å². The van der Waals surface area contributed by atoms with Crippen LogP contribution in [0, 0.1) is 0 Å². The van der Waals surface area contributed by atoms with Crippen molar-refractivity contribution < 1.29 is 19.1 Å². The molecule has 0 bridgehead atoms. The SMILES string of the molecule is C[C@H](CNC(=O)[C@H]1CCCO1)NC(=O)[C@H]1CCCO1. The van der Waals surface area contributed by atoms with E-state index in [2.05, 4.69) is 10.6 Å². The Morgan fingerprint density at radius 2 is 1.68 bits per heavy atom. The van der Waals surface area contributed by atoms with Gasteiger partial charge in [-0.25, -0.2) is 0 Å². The average Bonchev–Trinajstić information content (AvgIpc) is 3.07. The Morgan fingerprint density at radius 3 is 2.21 bits per heavy atom. The molecule has 19 heavy (non-hydrogen) atoms. The van der Waals surface area contributed by atoms with Crippen LogP contribution in [-0.4, -0.2) is 49.8 Å². The van der Waals surface area contributed by atoms with Gasteiger partial charge < -0.3 is 20.1 Å². The first kappa shape index (κ1) is 14.3. The van der Waals surface area contributed by atoms with E-state index in [1.54, 1.807) is 0 Å². The number of carbonyl (C=O) groups excluding carboxylic acids is 2. The lowest BCUT2D eigenvalue weighted by Crippen LogP contribution is -2.47. The molecule has 2 aliphatic rings. The van der Waals surface area contributed by atoms with E-state index in [0.29, 0.717) is 19.8 Å². The molecule has 0 saturated carbocycles. The van der Waals surface area contributed by atoms with Crippen molar-refractivity contribution in [3.8, 4) is 0 Å². The molecule has 6 heteroatoms. The Morgan fingerprint density at radius 1 is 1.11 bits per heavy atom. The van der Waals surface area contributed by atoms with Gasteiger partial charge in [0, 0.05) is 25.8 Å². The minimum Gasteiger partial charge on any atom is -0.368 e. The van der Waals surface area contributed by atoms with Gasteiger partial charge in [-0.3, -0.25) is 9.59 Å². The third-order valence-corrected chi connectivity index (χ3v) is 3.42. The summed E-state index contributed by atoms with van der Waals surface area (Å²) in [5.41, 5.74) is 0. The van der Waals surface area contributed by atoms with Gasteiger partial charge in [-0.2, -0.15) is 0 Å². The Balaban J connectivity index is 1.64. The number of ether oxygens (including phenoxy) is 2. The third-order valence-electron chi connectivity index (χ3n) is 3.42. The quantitative estimate of drug-likeness (QED) is 0.735. The number of amides is 2. The largest absolute Gasteiger partial charge is 0.368 e. The number of nitrogens with one attached hydrogen (secondary N) is 2. The maximum Gasteiger partial charge on any atom is 0.249 e. The summed E-state index contributed by atoms with van der Waals surface area (Å²) < 4.78 is 10.6. The molecule has 6 nitrogen and oxygen atoms in total. The third kappa shape index (κ3) is 4.18. The summed E-state index contributed by atoms with van der Waals surface area (Å²) >= 11 is 0. The first-order valence-corrected chi connectivity index (χ1v) is 6.98. The Bertz CT molecular complexity index is 323. The molecular formula is C13H22N2O4. The normalized spacial score (nSPS) is 28.1. The Kier molecular flexibility index (Phi) is 5.15. The average molecular weight is 270 g/mol. The van der Waals surface area contributed by atoms with E-state index >= 15 is 0 Å². The van der Waals surface area contributed by atoms with Crippen LogP contribution in [0.3, 0.4) is 0 Å². The molecular weight excluding hydrogens is 248 g/mol. The molecule has 2 fully saturated rings. The highest BCUT2D eigenvalue weighted by molar-refractivity contribution is 5.82. The molecule has 2 heterocycles. The van der Waals surface area contributed by atoms with Crippen molar-refractivity contribution in [3.63, 3.8) is 0 Å². The zero-order chi connectivity index (χ0) is 13.7. The van der Waals surface area contributed by atoms with Crippen LogP contribution < -0.4 is 10.6 Å². The van der Waals surface area contributed by atoms with Gasteiger partial charge in [-0.1, -0.05) is 0 Å². The van der Waals surface area contributed by atoms with E-state index < -0.39 is 0 Å². The summed E-state index contributed by atoms with van der Waals surface area (Å²) in [6.07, 6.45) is 2.78. The van der Waals surface area contributed by atoms with Crippen LogP contribution in [0.1, 0.15) is 32.6 Å². The molecule has 0 radical (unpaired) electrons. The van der Waals surface area contributed by atoms with E-state index in [9.17, 15) is 9.59 Å². The minimum absolute atomic E-state index is 0.0867. The van der Waals surface area contributed by atoms with Gasteiger partial charge >= 0.3 is 0 Å². The molecule has 2 N–H and O–H groups in total. The lowest BCUT2D eigenvalue weighted by atomic mass is 10.2. The lowest BCUT2D eigenvalue weighted by molar-refractivity contribution is -0.132. The summed E-state index contributed by atoms with van der Waals surface area (Å²) in [4.78, 5) is 23.5. The van der Waals surface area contributed by atoms with E-state index in [1.807, 2.05) is 6.92 Å². The summed E-state index contributed by atoms with van der Waals surface area (Å²) in [6, 6.07) is -0.109. The zero-order valence-corrected chi connectivity index (χ0v) is 11.3. The van der Waals surface area contributed by atoms with E-state index in [4.69, 9.17) is 9.47 Å². The molecule has 0 aliphatic carbocycles. The second-order valence-electron chi connectivity index (χ2n) is 5.16. The number of carbonyl (C=O) groups is 2. The minimum atomic E-state index is -0.323. The van der Waals surface area contributed by atoms with Gasteiger partial charge in [-0.05, 0) is 32.6 Å². The van der Waals surface area contributed by atoms with Gasteiger partial charge in [0.2, 0.25) is 11.8 Å². The van der Waals surface area contributed by atoms with Crippen LogP contribution >= 0.6 is 0 Å². The van der Waals surface area contributed by atoms with Crippen LogP contribution in [0.2, 0.25) is 0 Å². The monoisotopic (exact) mass is 270 g/mol. The van der Waals surface area contributed by atoms with Gasteiger partial charge in [0.25, 0.3) is 0 Å². The molecule has 2 rings (SSSR count). The first-order chi connectivity index (χ1) is 9.16. The summed E-state index contributed by atoms with van der Waals surface area (Å²) in [7, 11) is 0. The molecule has 2 aliphatic heterocycles. The molecule has 3 atom stereocenters. The van der Waals surface area contributed by atoms with Crippen molar-refractivity contribution in [1.29, 1.82) is 0 Å². The fourth-order valence-electron chi connectivity index (χ4n) is 2.32. The van der Waals surface area contributed by atoms with E-state index in [1.165, 1.54) is 0 Å². The maximum absolute atomic E-state index is 11.8. The van der Waals surface area contributed by atoms with Crippen molar-refractivity contribution in [2.45, 2.75) is 50.9 Å². The molecule has 2 saturated heterocycles.